The summed E-state index contributed by atoms with van der Waals surface area (Å²) < 4.78 is 7.69. The Balaban J connectivity index is 1.38. The molecule has 7 nitrogen and oxygen atoms in total. The first-order valence-electron chi connectivity index (χ1n) is 8.43. The quantitative estimate of drug-likeness (QED) is 0.906. The lowest BCUT2D eigenvalue weighted by atomic mass is 10.2. The maximum atomic E-state index is 5.52. The SMILES string of the molecule is c1c[nH]c(CN2CCn3nc(CN4CCCOCC4)cc3C2)n1. The monoisotopic (exact) mass is 316 g/mol. The number of ether oxygens (including phenoxy) is 1. The number of H-pyrrole nitrogens is 1. The van der Waals surface area contributed by atoms with Crippen LogP contribution in [0.4, 0.5) is 0 Å². The fourth-order valence-corrected chi connectivity index (χ4v) is 3.37. The molecule has 0 bridgehead atoms. The number of rotatable bonds is 4. The van der Waals surface area contributed by atoms with Gasteiger partial charge in [0.2, 0.25) is 0 Å². The molecule has 2 aliphatic rings. The van der Waals surface area contributed by atoms with E-state index in [4.69, 9.17) is 9.84 Å². The smallest absolute Gasteiger partial charge is 0.120 e. The maximum Gasteiger partial charge on any atom is 0.120 e. The van der Waals surface area contributed by atoms with Gasteiger partial charge in [-0.25, -0.2) is 4.98 Å². The first kappa shape index (κ1) is 14.9. The van der Waals surface area contributed by atoms with Gasteiger partial charge in [0.25, 0.3) is 0 Å². The Morgan fingerprint density at radius 1 is 1.09 bits per heavy atom. The van der Waals surface area contributed by atoms with Crippen molar-refractivity contribution in [3.8, 4) is 0 Å². The fraction of sp³-hybridized carbons (Fsp3) is 0.625. The lowest BCUT2D eigenvalue weighted by Gasteiger charge is -2.26. The molecule has 2 aliphatic heterocycles. The van der Waals surface area contributed by atoms with Gasteiger partial charge in [-0.15, -0.1) is 0 Å². The van der Waals surface area contributed by atoms with Gasteiger partial charge in [0.05, 0.1) is 31.1 Å². The first-order valence-corrected chi connectivity index (χ1v) is 8.43. The molecule has 124 valence electrons. The Morgan fingerprint density at radius 3 is 3.00 bits per heavy atom. The highest BCUT2D eigenvalue weighted by atomic mass is 16.5. The van der Waals surface area contributed by atoms with E-state index >= 15 is 0 Å². The van der Waals surface area contributed by atoms with E-state index in [0.717, 1.165) is 71.3 Å². The molecule has 0 aliphatic carbocycles. The third-order valence-corrected chi connectivity index (χ3v) is 4.56. The van der Waals surface area contributed by atoms with E-state index in [1.807, 2.05) is 12.4 Å². The van der Waals surface area contributed by atoms with Gasteiger partial charge in [-0.2, -0.15) is 5.10 Å². The summed E-state index contributed by atoms with van der Waals surface area (Å²) in [6, 6.07) is 2.26. The van der Waals surface area contributed by atoms with Crippen LogP contribution in [0.1, 0.15) is 23.6 Å². The van der Waals surface area contributed by atoms with Crippen LogP contribution in [-0.2, 0) is 30.9 Å². The second-order valence-electron chi connectivity index (χ2n) is 6.34. The standard InChI is InChI=1S/C16H24N6O/c1-4-20(7-9-23-8-1)11-14-10-15-12-21(5-6-22(15)19-14)13-16-17-2-3-18-16/h2-3,10H,1,4-9,11-13H2,(H,17,18). The molecule has 2 aromatic rings. The van der Waals surface area contributed by atoms with Crippen LogP contribution in [0.15, 0.2) is 18.5 Å². The predicted molar refractivity (Wildman–Crippen MR) is 85.6 cm³/mol. The van der Waals surface area contributed by atoms with Crippen molar-refractivity contribution in [3.63, 3.8) is 0 Å². The molecular formula is C16H24N6O. The third-order valence-electron chi connectivity index (χ3n) is 4.56. The average Bonchev–Trinajstić information content (AvgIpc) is 3.11. The zero-order chi connectivity index (χ0) is 15.5. The molecule has 0 atom stereocenters. The van der Waals surface area contributed by atoms with E-state index in [9.17, 15) is 0 Å². The van der Waals surface area contributed by atoms with Crippen LogP contribution < -0.4 is 0 Å². The summed E-state index contributed by atoms with van der Waals surface area (Å²) in [7, 11) is 0. The molecule has 2 aromatic heterocycles. The van der Waals surface area contributed by atoms with Crippen molar-refractivity contribution in [2.75, 3.05) is 32.8 Å². The van der Waals surface area contributed by atoms with Crippen LogP contribution in [0.25, 0.3) is 0 Å². The van der Waals surface area contributed by atoms with Crippen molar-refractivity contribution in [1.29, 1.82) is 0 Å². The van der Waals surface area contributed by atoms with Crippen molar-refractivity contribution in [2.24, 2.45) is 0 Å². The van der Waals surface area contributed by atoms with Crippen LogP contribution in [-0.4, -0.2) is 62.4 Å². The number of hydrogen-bond donors (Lipinski definition) is 1. The average molecular weight is 316 g/mol. The maximum absolute atomic E-state index is 5.52. The largest absolute Gasteiger partial charge is 0.380 e. The molecule has 0 radical (unpaired) electrons. The molecule has 23 heavy (non-hydrogen) atoms. The summed E-state index contributed by atoms with van der Waals surface area (Å²) in [5.41, 5.74) is 2.49. The van der Waals surface area contributed by atoms with Crippen molar-refractivity contribution < 1.29 is 4.74 Å². The van der Waals surface area contributed by atoms with Gasteiger partial charge >= 0.3 is 0 Å². The molecule has 0 aromatic carbocycles. The van der Waals surface area contributed by atoms with Gasteiger partial charge in [0.1, 0.15) is 5.82 Å². The van der Waals surface area contributed by atoms with Gasteiger partial charge in [0.15, 0.2) is 0 Å². The Labute approximate surface area is 136 Å². The molecule has 1 fully saturated rings. The van der Waals surface area contributed by atoms with Gasteiger partial charge in [-0.1, -0.05) is 0 Å². The summed E-state index contributed by atoms with van der Waals surface area (Å²) in [5.74, 6) is 1.03. The van der Waals surface area contributed by atoms with Crippen LogP contribution in [0.3, 0.4) is 0 Å². The Bertz CT molecular complexity index is 615. The van der Waals surface area contributed by atoms with Crippen molar-refractivity contribution in [3.05, 3.63) is 35.7 Å². The zero-order valence-electron chi connectivity index (χ0n) is 13.4. The number of fused-ring (bicyclic) bond motifs is 1. The van der Waals surface area contributed by atoms with Crippen LogP contribution in [0.2, 0.25) is 0 Å². The van der Waals surface area contributed by atoms with Crippen LogP contribution in [0.5, 0.6) is 0 Å². The molecule has 0 spiro atoms. The number of imidazole rings is 1. The number of hydrogen-bond acceptors (Lipinski definition) is 5. The molecular weight excluding hydrogens is 292 g/mol. The first-order chi connectivity index (χ1) is 11.4. The highest BCUT2D eigenvalue weighted by molar-refractivity contribution is 5.12. The van der Waals surface area contributed by atoms with Crippen molar-refractivity contribution in [1.82, 2.24) is 29.5 Å². The molecule has 0 unspecified atom stereocenters. The van der Waals surface area contributed by atoms with E-state index in [2.05, 4.69) is 30.5 Å². The third kappa shape index (κ3) is 3.63. The van der Waals surface area contributed by atoms with E-state index in [1.165, 1.54) is 11.4 Å². The molecule has 4 heterocycles. The van der Waals surface area contributed by atoms with Gasteiger partial charge in [0, 0.05) is 51.7 Å². The number of nitrogens with zero attached hydrogens (tertiary/aromatic N) is 5. The number of nitrogens with one attached hydrogen (secondary N) is 1. The van der Waals surface area contributed by atoms with Crippen molar-refractivity contribution in [2.45, 2.75) is 32.6 Å². The highest BCUT2D eigenvalue weighted by Gasteiger charge is 2.20. The van der Waals surface area contributed by atoms with Gasteiger partial charge < -0.3 is 9.72 Å². The Hall–Kier alpha value is -1.70. The van der Waals surface area contributed by atoms with E-state index in [0.29, 0.717) is 0 Å². The minimum atomic E-state index is 0.838. The topological polar surface area (TPSA) is 62.2 Å². The molecule has 1 N–H and O–H groups in total. The number of aromatic amines is 1. The summed E-state index contributed by atoms with van der Waals surface area (Å²) in [6.07, 6.45) is 4.81. The minimum Gasteiger partial charge on any atom is -0.380 e. The fourth-order valence-electron chi connectivity index (χ4n) is 3.37. The molecule has 1 saturated heterocycles. The zero-order valence-corrected chi connectivity index (χ0v) is 13.4. The van der Waals surface area contributed by atoms with Gasteiger partial charge in [-0.3, -0.25) is 14.5 Å². The molecule has 4 rings (SSSR count). The summed E-state index contributed by atoms with van der Waals surface area (Å²) in [5, 5.41) is 4.79. The summed E-state index contributed by atoms with van der Waals surface area (Å²) >= 11 is 0. The second-order valence-corrected chi connectivity index (χ2v) is 6.34. The Kier molecular flexibility index (Phi) is 4.41. The number of aromatic nitrogens is 4. The molecule has 0 amide bonds. The molecule has 7 heteroatoms. The predicted octanol–water partition coefficient (Wildman–Crippen LogP) is 0.844. The lowest BCUT2D eigenvalue weighted by Crippen LogP contribution is -2.33. The highest BCUT2D eigenvalue weighted by Crippen LogP contribution is 2.16. The van der Waals surface area contributed by atoms with Crippen LogP contribution >= 0.6 is 0 Å². The van der Waals surface area contributed by atoms with E-state index in [1.54, 1.807) is 0 Å². The Morgan fingerprint density at radius 2 is 2.09 bits per heavy atom. The normalized spacial score (nSPS) is 20.3. The van der Waals surface area contributed by atoms with E-state index < -0.39 is 0 Å². The summed E-state index contributed by atoms with van der Waals surface area (Å²) in [4.78, 5) is 12.4. The van der Waals surface area contributed by atoms with E-state index in [-0.39, 0.29) is 0 Å². The van der Waals surface area contributed by atoms with Gasteiger partial charge in [-0.05, 0) is 12.5 Å². The minimum absolute atomic E-state index is 0.838. The lowest BCUT2D eigenvalue weighted by molar-refractivity contribution is 0.140. The van der Waals surface area contributed by atoms with Crippen LogP contribution in [0, 0.1) is 0 Å². The molecule has 0 saturated carbocycles. The summed E-state index contributed by atoms with van der Waals surface area (Å²) in [6.45, 7) is 8.56. The van der Waals surface area contributed by atoms with Crippen molar-refractivity contribution >= 4 is 0 Å². The second kappa shape index (κ2) is 6.82.